The summed E-state index contributed by atoms with van der Waals surface area (Å²) in [7, 11) is 0. The van der Waals surface area contributed by atoms with Crippen molar-refractivity contribution in [2.24, 2.45) is 16.7 Å². The lowest BCUT2D eigenvalue weighted by Gasteiger charge is -2.34. The van der Waals surface area contributed by atoms with Crippen molar-refractivity contribution in [3.63, 3.8) is 0 Å². The summed E-state index contributed by atoms with van der Waals surface area (Å²) in [5.41, 5.74) is -0.0374. The van der Waals surface area contributed by atoms with Crippen molar-refractivity contribution < 1.29 is 14.3 Å². The van der Waals surface area contributed by atoms with Crippen molar-refractivity contribution in [3.8, 4) is 0 Å². The molecule has 0 saturated heterocycles. The van der Waals surface area contributed by atoms with Gasteiger partial charge in [-0.15, -0.1) is 0 Å². The largest absolute Gasteiger partial charge is 0.445 e. The van der Waals surface area contributed by atoms with Crippen LogP contribution in [0.5, 0.6) is 0 Å². The molecule has 1 amide bonds. The molecule has 0 radical (unpaired) electrons. The summed E-state index contributed by atoms with van der Waals surface area (Å²) < 4.78 is 4.73. The predicted octanol–water partition coefficient (Wildman–Crippen LogP) is 2.72. The number of carbonyl (C=O) groups is 2. The van der Waals surface area contributed by atoms with Gasteiger partial charge in [-0.25, -0.2) is 0 Å². The van der Waals surface area contributed by atoms with E-state index in [1.54, 1.807) is 0 Å². The van der Waals surface area contributed by atoms with E-state index in [2.05, 4.69) is 46.9 Å². The zero-order chi connectivity index (χ0) is 14.6. The minimum atomic E-state index is -0.390. The van der Waals surface area contributed by atoms with Gasteiger partial charge >= 0.3 is 5.97 Å². The highest BCUT2D eigenvalue weighted by atomic mass is 16.5. The molecule has 0 aromatic carbocycles. The molecule has 18 heavy (non-hydrogen) atoms. The summed E-state index contributed by atoms with van der Waals surface area (Å²) in [5, 5.41) is 2.66. The number of carbonyl (C=O) groups excluding carboxylic acids is 2. The summed E-state index contributed by atoms with van der Waals surface area (Å²) in [6, 6.07) is 0. The highest BCUT2D eigenvalue weighted by molar-refractivity contribution is 5.79. The van der Waals surface area contributed by atoms with Crippen LogP contribution >= 0.6 is 0 Å². The number of hydrogen-bond donors (Lipinski definition) is 1. The fourth-order valence-corrected chi connectivity index (χ4v) is 1.74. The van der Waals surface area contributed by atoms with Crippen molar-refractivity contribution in [2.75, 3.05) is 6.73 Å². The molecule has 106 valence electrons. The Hall–Kier alpha value is -1.06. The fourth-order valence-electron chi connectivity index (χ4n) is 1.74. The molecule has 0 aliphatic carbocycles. The quantitative estimate of drug-likeness (QED) is 0.622. The molecule has 1 atom stereocenters. The average molecular weight is 257 g/mol. The summed E-state index contributed by atoms with van der Waals surface area (Å²) >= 11 is 0. The molecule has 0 aliphatic heterocycles. The summed E-state index contributed by atoms with van der Waals surface area (Å²) in [4.78, 5) is 22.8. The zero-order valence-corrected chi connectivity index (χ0v) is 12.7. The van der Waals surface area contributed by atoms with E-state index in [4.69, 9.17) is 4.74 Å². The minimum absolute atomic E-state index is 0.0507. The Balaban J connectivity index is 4.57. The van der Waals surface area contributed by atoms with Crippen LogP contribution in [-0.2, 0) is 14.3 Å². The second-order valence-corrected chi connectivity index (χ2v) is 7.00. The lowest BCUT2D eigenvalue weighted by molar-refractivity contribution is -0.143. The van der Waals surface area contributed by atoms with Gasteiger partial charge in [0.1, 0.15) is 0 Å². The molecule has 0 heterocycles. The Morgan fingerprint density at radius 1 is 1.11 bits per heavy atom. The summed E-state index contributed by atoms with van der Waals surface area (Å²) in [5.74, 6) is -0.551. The molecule has 1 N–H and O–H groups in total. The van der Waals surface area contributed by atoms with Gasteiger partial charge in [0.25, 0.3) is 0 Å². The Bertz CT molecular complexity index is 297. The molecule has 0 aliphatic rings. The maximum absolute atomic E-state index is 12.1. The van der Waals surface area contributed by atoms with E-state index in [0.717, 1.165) is 6.42 Å². The van der Waals surface area contributed by atoms with Gasteiger partial charge in [0.05, 0.1) is 0 Å². The van der Waals surface area contributed by atoms with Crippen LogP contribution in [0, 0.1) is 16.7 Å². The third kappa shape index (κ3) is 7.30. The Morgan fingerprint density at radius 3 is 1.94 bits per heavy atom. The SMILES string of the molecule is CC(=O)OCNC(=O)C(CC(C)(C)C)C(C)(C)C. The van der Waals surface area contributed by atoms with Crippen molar-refractivity contribution in [1.29, 1.82) is 0 Å². The molecule has 0 rings (SSSR count). The van der Waals surface area contributed by atoms with E-state index in [1.807, 2.05) is 0 Å². The smallest absolute Gasteiger partial charge is 0.304 e. The van der Waals surface area contributed by atoms with Crippen LogP contribution in [0.15, 0.2) is 0 Å². The summed E-state index contributed by atoms with van der Waals surface area (Å²) in [6.07, 6.45) is 0.794. The van der Waals surface area contributed by atoms with Crippen molar-refractivity contribution in [3.05, 3.63) is 0 Å². The van der Waals surface area contributed by atoms with Crippen molar-refractivity contribution in [2.45, 2.75) is 54.9 Å². The van der Waals surface area contributed by atoms with Gasteiger partial charge in [0, 0.05) is 12.8 Å². The first kappa shape index (κ1) is 16.9. The van der Waals surface area contributed by atoms with Crippen LogP contribution in [0.4, 0.5) is 0 Å². The van der Waals surface area contributed by atoms with Crippen LogP contribution in [0.1, 0.15) is 54.9 Å². The van der Waals surface area contributed by atoms with Gasteiger partial charge in [0.2, 0.25) is 5.91 Å². The monoisotopic (exact) mass is 257 g/mol. The van der Waals surface area contributed by atoms with Crippen molar-refractivity contribution >= 4 is 11.9 Å². The van der Waals surface area contributed by atoms with Gasteiger partial charge < -0.3 is 10.1 Å². The average Bonchev–Trinajstić information content (AvgIpc) is 2.10. The molecule has 0 fully saturated rings. The molecule has 4 nitrogen and oxygen atoms in total. The molecule has 1 unspecified atom stereocenters. The number of hydrogen-bond acceptors (Lipinski definition) is 3. The van der Waals surface area contributed by atoms with Crippen LogP contribution in [0.3, 0.4) is 0 Å². The van der Waals surface area contributed by atoms with Crippen LogP contribution < -0.4 is 5.32 Å². The molecular formula is C14H27NO3. The third-order valence-electron chi connectivity index (χ3n) is 2.70. The van der Waals surface area contributed by atoms with E-state index >= 15 is 0 Å². The number of amides is 1. The maximum atomic E-state index is 12.1. The molecule has 0 aromatic heterocycles. The van der Waals surface area contributed by atoms with Crippen LogP contribution in [0.25, 0.3) is 0 Å². The third-order valence-corrected chi connectivity index (χ3v) is 2.70. The van der Waals surface area contributed by atoms with E-state index in [9.17, 15) is 9.59 Å². The number of esters is 1. The fraction of sp³-hybridized carbons (Fsp3) is 0.857. The van der Waals surface area contributed by atoms with Crippen LogP contribution in [0.2, 0.25) is 0 Å². The number of nitrogens with one attached hydrogen (secondary N) is 1. The molecular weight excluding hydrogens is 230 g/mol. The molecule has 4 heteroatoms. The summed E-state index contributed by atoms with van der Waals surface area (Å²) in [6.45, 7) is 13.8. The first-order valence-electron chi connectivity index (χ1n) is 6.34. The Labute approximate surface area is 110 Å². The standard InChI is InChI=1S/C14H27NO3/c1-10(16)18-9-15-12(17)11(14(5,6)7)8-13(2,3)4/h11H,8-9H2,1-7H3,(H,15,17). The normalized spacial score (nSPS) is 13.9. The van der Waals surface area contributed by atoms with Gasteiger partial charge in [-0.2, -0.15) is 0 Å². The second-order valence-electron chi connectivity index (χ2n) is 7.00. The Morgan fingerprint density at radius 2 is 1.61 bits per heavy atom. The second kappa shape index (κ2) is 6.21. The van der Waals surface area contributed by atoms with Crippen molar-refractivity contribution in [1.82, 2.24) is 5.32 Å². The van der Waals surface area contributed by atoms with Gasteiger partial charge in [-0.1, -0.05) is 41.5 Å². The lowest BCUT2D eigenvalue weighted by atomic mass is 9.72. The zero-order valence-electron chi connectivity index (χ0n) is 12.7. The molecule has 0 bridgehead atoms. The lowest BCUT2D eigenvalue weighted by Crippen LogP contribution is -2.41. The van der Waals surface area contributed by atoms with E-state index in [1.165, 1.54) is 6.92 Å². The van der Waals surface area contributed by atoms with Gasteiger partial charge in [-0.05, 0) is 17.3 Å². The number of rotatable bonds is 4. The highest BCUT2D eigenvalue weighted by Crippen LogP contribution is 2.35. The molecule has 0 spiro atoms. The first-order chi connectivity index (χ1) is 7.93. The minimum Gasteiger partial charge on any atom is -0.445 e. The highest BCUT2D eigenvalue weighted by Gasteiger charge is 2.34. The first-order valence-corrected chi connectivity index (χ1v) is 6.34. The van der Waals surface area contributed by atoms with Gasteiger partial charge in [0.15, 0.2) is 6.73 Å². The Kier molecular flexibility index (Phi) is 5.84. The van der Waals surface area contributed by atoms with E-state index in [0.29, 0.717) is 0 Å². The molecule has 0 aromatic rings. The van der Waals surface area contributed by atoms with Gasteiger partial charge in [-0.3, -0.25) is 9.59 Å². The van der Waals surface area contributed by atoms with E-state index < -0.39 is 5.97 Å². The number of ether oxygens (including phenoxy) is 1. The predicted molar refractivity (Wildman–Crippen MR) is 71.8 cm³/mol. The van der Waals surface area contributed by atoms with Crippen LogP contribution in [-0.4, -0.2) is 18.6 Å². The molecule has 0 saturated carbocycles. The topological polar surface area (TPSA) is 55.4 Å². The van der Waals surface area contributed by atoms with E-state index in [-0.39, 0.29) is 29.4 Å². The maximum Gasteiger partial charge on any atom is 0.304 e.